The lowest BCUT2D eigenvalue weighted by Crippen LogP contribution is -2.07. The van der Waals surface area contributed by atoms with Gasteiger partial charge in [0.25, 0.3) is 0 Å². The Morgan fingerprint density at radius 3 is 2.82 bits per heavy atom. The average molecular weight is 392 g/mol. The maximum Gasteiger partial charge on any atom is 0.250 e. The molecule has 142 valence electrons. The fourth-order valence-corrected chi connectivity index (χ4v) is 3.65. The molecule has 1 aliphatic rings. The van der Waals surface area contributed by atoms with Gasteiger partial charge in [0.05, 0.1) is 5.69 Å². The summed E-state index contributed by atoms with van der Waals surface area (Å²) in [5.74, 6) is 1.19. The second kappa shape index (κ2) is 8.27. The first-order valence-corrected chi connectivity index (χ1v) is 10.0. The van der Waals surface area contributed by atoms with Gasteiger partial charge in [-0.15, -0.1) is 11.3 Å². The summed E-state index contributed by atoms with van der Waals surface area (Å²) in [6, 6.07) is 14.0. The largest absolute Gasteiger partial charge is 0.454 e. The molecule has 1 aliphatic heterocycles. The van der Waals surface area contributed by atoms with E-state index in [1.807, 2.05) is 23.6 Å². The van der Waals surface area contributed by atoms with Crippen molar-refractivity contribution >= 4 is 28.5 Å². The number of anilines is 1. The summed E-state index contributed by atoms with van der Waals surface area (Å²) in [5, 5.41) is 5.34. The normalized spacial score (nSPS) is 12.5. The highest BCUT2D eigenvalue weighted by Crippen LogP contribution is 2.32. The summed E-state index contributed by atoms with van der Waals surface area (Å²) >= 11 is 1.41. The maximum atomic E-state index is 12.2. The summed E-state index contributed by atoms with van der Waals surface area (Å²) in [7, 11) is 0. The molecule has 0 unspecified atom stereocenters. The van der Waals surface area contributed by atoms with Crippen LogP contribution in [0.1, 0.15) is 24.5 Å². The molecule has 0 atom stereocenters. The van der Waals surface area contributed by atoms with Crippen LogP contribution in [0.25, 0.3) is 17.3 Å². The molecule has 0 aliphatic carbocycles. The second-order valence-electron chi connectivity index (χ2n) is 6.42. The molecular weight excluding hydrogens is 372 g/mol. The quantitative estimate of drug-likeness (QED) is 0.590. The lowest BCUT2D eigenvalue weighted by Gasteiger charge is -2.01. The van der Waals surface area contributed by atoms with Crippen molar-refractivity contribution in [2.75, 3.05) is 12.1 Å². The molecule has 0 bridgehead atoms. The highest BCUT2D eigenvalue weighted by molar-refractivity contribution is 7.14. The van der Waals surface area contributed by atoms with Crippen LogP contribution in [0.2, 0.25) is 0 Å². The van der Waals surface area contributed by atoms with E-state index in [-0.39, 0.29) is 12.7 Å². The number of nitrogens with zero attached hydrogens (tertiary/aromatic N) is 1. The number of carbonyl (C=O) groups is 1. The Morgan fingerprint density at radius 1 is 1.18 bits per heavy atom. The van der Waals surface area contributed by atoms with Gasteiger partial charge < -0.3 is 9.47 Å². The summed E-state index contributed by atoms with van der Waals surface area (Å²) in [4.78, 5) is 16.7. The van der Waals surface area contributed by atoms with Crippen molar-refractivity contribution in [3.63, 3.8) is 0 Å². The molecule has 2 aromatic carbocycles. The van der Waals surface area contributed by atoms with Gasteiger partial charge in [0, 0.05) is 17.0 Å². The van der Waals surface area contributed by atoms with Crippen LogP contribution < -0.4 is 14.8 Å². The van der Waals surface area contributed by atoms with E-state index in [2.05, 4.69) is 41.5 Å². The monoisotopic (exact) mass is 392 g/mol. The Labute approximate surface area is 167 Å². The number of carbonyl (C=O) groups excluding carboxylic acids is 1. The van der Waals surface area contributed by atoms with Crippen molar-refractivity contribution < 1.29 is 14.3 Å². The van der Waals surface area contributed by atoms with Crippen LogP contribution in [0, 0.1) is 0 Å². The summed E-state index contributed by atoms with van der Waals surface area (Å²) in [6.45, 7) is 2.40. The smallest absolute Gasteiger partial charge is 0.250 e. The van der Waals surface area contributed by atoms with E-state index in [4.69, 9.17) is 9.47 Å². The van der Waals surface area contributed by atoms with Crippen LogP contribution in [0.3, 0.4) is 0 Å². The van der Waals surface area contributed by atoms with Crippen LogP contribution in [-0.4, -0.2) is 17.7 Å². The molecule has 0 fully saturated rings. The highest BCUT2D eigenvalue weighted by atomic mass is 32.1. The molecule has 2 heterocycles. The first-order valence-electron chi connectivity index (χ1n) is 9.15. The third kappa shape index (κ3) is 4.23. The minimum absolute atomic E-state index is 0.225. The van der Waals surface area contributed by atoms with Gasteiger partial charge in [-0.25, -0.2) is 4.98 Å². The molecule has 1 amide bonds. The van der Waals surface area contributed by atoms with Gasteiger partial charge in [0.2, 0.25) is 12.7 Å². The zero-order chi connectivity index (χ0) is 19.3. The number of nitrogens with one attached hydrogen (secondary N) is 1. The molecular formula is C22H20N2O3S. The van der Waals surface area contributed by atoms with Crippen molar-refractivity contribution in [3.05, 3.63) is 65.0 Å². The maximum absolute atomic E-state index is 12.2. The van der Waals surface area contributed by atoms with Gasteiger partial charge in [-0.1, -0.05) is 43.7 Å². The van der Waals surface area contributed by atoms with E-state index in [0.29, 0.717) is 10.9 Å². The summed E-state index contributed by atoms with van der Waals surface area (Å²) < 4.78 is 10.6. The number of ether oxygens (including phenoxy) is 2. The molecule has 5 nitrogen and oxygen atoms in total. The highest BCUT2D eigenvalue weighted by Gasteiger charge is 2.12. The SMILES string of the molecule is CCCc1ccc(-c2csc(NC(=O)/C=C/c3ccc4c(c3)OCO4)n2)cc1. The molecule has 28 heavy (non-hydrogen) atoms. The zero-order valence-corrected chi connectivity index (χ0v) is 16.3. The number of aryl methyl sites for hydroxylation is 1. The van der Waals surface area contributed by atoms with Gasteiger partial charge in [0.15, 0.2) is 16.6 Å². The number of fused-ring (bicyclic) bond motifs is 1. The number of thiazole rings is 1. The van der Waals surface area contributed by atoms with Crippen molar-refractivity contribution in [2.45, 2.75) is 19.8 Å². The van der Waals surface area contributed by atoms with Crippen molar-refractivity contribution in [3.8, 4) is 22.8 Å². The Hall–Kier alpha value is -3.12. The number of aromatic nitrogens is 1. The molecule has 0 saturated carbocycles. The van der Waals surface area contributed by atoms with Gasteiger partial charge in [-0.05, 0) is 35.8 Å². The van der Waals surface area contributed by atoms with Crippen molar-refractivity contribution in [1.82, 2.24) is 4.98 Å². The number of amides is 1. The van der Waals surface area contributed by atoms with E-state index in [0.717, 1.165) is 35.4 Å². The van der Waals surface area contributed by atoms with Crippen LogP contribution in [0.4, 0.5) is 5.13 Å². The Bertz CT molecular complexity index is 1010. The predicted octanol–water partition coefficient (Wildman–Crippen LogP) is 5.14. The van der Waals surface area contributed by atoms with Crippen molar-refractivity contribution in [1.29, 1.82) is 0 Å². The topological polar surface area (TPSA) is 60.5 Å². The Kier molecular flexibility index (Phi) is 5.39. The van der Waals surface area contributed by atoms with Crippen LogP contribution >= 0.6 is 11.3 Å². The van der Waals surface area contributed by atoms with Crippen LogP contribution in [0.5, 0.6) is 11.5 Å². The third-order valence-electron chi connectivity index (χ3n) is 4.35. The first kappa shape index (κ1) is 18.3. The minimum Gasteiger partial charge on any atom is -0.454 e. The number of rotatable bonds is 6. The van der Waals surface area contributed by atoms with E-state index >= 15 is 0 Å². The Balaban J connectivity index is 1.38. The van der Waals surface area contributed by atoms with Gasteiger partial charge in [-0.2, -0.15) is 0 Å². The second-order valence-corrected chi connectivity index (χ2v) is 7.28. The van der Waals surface area contributed by atoms with Gasteiger partial charge in [0.1, 0.15) is 0 Å². The molecule has 3 aromatic rings. The van der Waals surface area contributed by atoms with Crippen LogP contribution in [0.15, 0.2) is 53.9 Å². The molecule has 0 radical (unpaired) electrons. The van der Waals surface area contributed by atoms with Crippen LogP contribution in [-0.2, 0) is 11.2 Å². The zero-order valence-electron chi connectivity index (χ0n) is 15.5. The molecule has 4 rings (SSSR count). The molecule has 0 saturated heterocycles. The van der Waals surface area contributed by atoms with E-state index < -0.39 is 0 Å². The van der Waals surface area contributed by atoms with Gasteiger partial charge in [-0.3, -0.25) is 10.1 Å². The lowest BCUT2D eigenvalue weighted by molar-refractivity contribution is -0.111. The van der Waals surface area contributed by atoms with Crippen molar-refractivity contribution in [2.24, 2.45) is 0 Å². The summed E-state index contributed by atoms with van der Waals surface area (Å²) in [6.07, 6.45) is 5.43. The van der Waals surface area contributed by atoms with E-state index in [9.17, 15) is 4.79 Å². The molecule has 1 aromatic heterocycles. The van der Waals surface area contributed by atoms with E-state index in [1.54, 1.807) is 6.08 Å². The minimum atomic E-state index is -0.225. The number of hydrogen-bond donors (Lipinski definition) is 1. The van der Waals surface area contributed by atoms with E-state index in [1.165, 1.54) is 23.0 Å². The van der Waals surface area contributed by atoms with Gasteiger partial charge >= 0.3 is 0 Å². The fraction of sp³-hybridized carbons (Fsp3) is 0.182. The average Bonchev–Trinajstić information content (AvgIpc) is 3.36. The standard InChI is InChI=1S/C22H20N2O3S/c1-2-3-15-4-8-17(9-5-15)18-13-28-22(23-18)24-21(25)11-7-16-6-10-19-20(12-16)27-14-26-19/h4-13H,2-3,14H2,1H3,(H,23,24,25)/b11-7+. The Morgan fingerprint density at radius 2 is 2.00 bits per heavy atom. The molecule has 1 N–H and O–H groups in total. The third-order valence-corrected chi connectivity index (χ3v) is 5.10. The molecule has 0 spiro atoms. The number of benzene rings is 2. The predicted molar refractivity (Wildman–Crippen MR) is 112 cm³/mol. The number of hydrogen-bond acceptors (Lipinski definition) is 5. The first-order chi connectivity index (χ1) is 13.7. The summed E-state index contributed by atoms with van der Waals surface area (Å²) in [5.41, 5.74) is 4.10. The lowest BCUT2D eigenvalue weighted by atomic mass is 10.1. The molecule has 6 heteroatoms. The fourth-order valence-electron chi connectivity index (χ4n) is 2.93.